The normalized spacial score (nSPS) is 11.3. The van der Waals surface area contributed by atoms with Crippen LogP contribution < -0.4 is 5.32 Å². The Hall–Kier alpha value is -4.32. The number of aryl methyl sites for hydroxylation is 1. The van der Waals surface area contributed by atoms with E-state index in [2.05, 4.69) is 25.8 Å². The molecule has 9 nitrogen and oxygen atoms in total. The molecule has 0 aliphatic heterocycles. The fourth-order valence-electron chi connectivity index (χ4n) is 2.85. The van der Waals surface area contributed by atoms with Crippen LogP contribution in [0.25, 0.3) is 23.0 Å². The zero-order valence-corrected chi connectivity index (χ0v) is 18.4. The van der Waals surface area contributed by atoms with Crippen LogP contribution in [0.5, 0.6) is 0 Å². The highest BCUT2D eigenvalue weighted by Gasteiger charge is 2.19. The van der Waals surface area contributed by atoms with Gasteiger partial charge < -0.3 is 4.74 Å². The minimum atomic E-state index is -1.000. The number of esters is 1. The molecule has 0 bridgehead atoms. The first-order valence-electron chi connectivity index (χ1n) is 9.81. The molecule has 0 spiro atoms. The fourth-order valence-corrected chi connectivity index (χ4v) is 3.58. The average molecular weight is 482 g/mol. The largest absolute Gasteiger partial charge is 0.451 e. The van der Waals surface area contributed by atoms with Crippen molar-refractivity contribution in [2.75, 3.05) is 11.9 Å². The summed E-state index contributed by atoms with van der Waals surface area (Å²) >= 11 is 1.08. The summed E-state index contributed by atoms with van der Waals surface area (Å²) in [5.74, 6) is -3.05. The number of aromatic nitrogens is 5. The van der Waals surface area contributed by atoms with Crippen molar-refractivity contribution in [1.29, 1.82) is 0 Å². The Morgan fingerprint density at radius 1 is 1.15 bits per heavy atom. The van der Waals surface area contributed by atoms with Gasteiger partial charge in [0.15, 0.2) is 34.9 Å². The molecule has 0 radical (unpaired) electrons. The summed E-state index contributed by atoms with van der Waals surface area (Å²) in [5.41, 5.74) is 1.45. The smallest absolute Gasteiger partial charge is 0.357 e. The van der Waals surface area contributed by atoms with E-state index < -0.39 is 30.1 Å². The molecule has 1 N–H and O–H groups in total. The zero-order chi connectivity index (χ0) is 24.1. The van der Waals surface area contributed by atoms with Crippen LogP contribution in [-0.2, 0) is 14.3 Å². The van der Waals surface area contributed by atoms with Crippen molar-refractivity contribution in [2.24, 2.45) is 0 Å². The highest BCUT2D eigenvalue weighted by Crippen LogP contribution is 2.26. The number of thiazole rings is 1. The minimum absolute atomic E-state index is 0.0244. The van der Waals surface area contributed by atoms with Crippen LogP contribution >= 0.6 is 11.3 Å². The van der Waals surface area contributed by atoms with Crippen molar-refractivity contribution >= 4 is 40.1 Å². The molecule has 2 aromatic heterocycles. The van der Waals surface area contributed by atoms with Crippen molar-refractivity contribution < 1.29 is 23.1 Å². The molecular formula is C22H16F2N6O3S. The molecule has 4 aromatic rings. The molecule has 2 heterocycles. The maximum absolute atomic E-state index is 13.5. The zero-order valence-electron chi connectivity index (χ0n) is 17.6. The summed E-state index contributed by atoms with van der Waals surface area (Å²) in [7, 11) is 0. The van der Waals surface area contributed by atoms with Gasteiger partial charge in [-0.05, 0) is 47.2 Å². The molecule has 34 heavy (non-hydrogen) atoms. The number of rotatable bonds is 7. The van der Waals surface area contributed by atoms with Gasteiger partial charge in [0.2, 0.25) is 0 Å². The van der Waals surface area contributed by atoms with Gasteiger partial charge in [-0.25, -0.2) is 18.6 Å². The Balaban J connectivity index is 1.42. The van der Waals surface area contributed by atoms with Crippen LogP contribution in [-0.4, -0.2) is 43.7 Å². The Bertz CT molecular complexity index is 1370. The van der Waals surface area contributed by atoms with E-state index in [0.29, 0.717) is 22.6 Å². The fraction of sp³-hybridized carbons (Fsp3) is 0.0909. The van der Waals surface area contributed by atoms with E-state index in [1.807, 2.05) is 6.07 Å². The SMILES string of the molecule is Cc1nnnn1/C(=C/c1ccccc1)C(=O)OCC(=O)Nc1nc(-c2ccc(F)c(F)c2)cs1. The highest BCUT2D eigenvalue weighted by molar-refractivity contribution is 7.14. The number of ether oxygens (including phenoxy) is 1. The average Bonchev–Trinajstić information content (AvgIpc) is 3.47. The first kappa shape index (κ1) is 22.9. The number of nitrogens with one attached hydrogen (secondary N) is 1. The summed E-state index contributed by atoms with van der Waals surface area (Å²) in [4.78, 5) is 29.2. The third-order valence-corrected chi connectivity index (χ3v) is 5.22. The topological polar surface area (TPSA) is 112 Å². The van der Waals surface area contributed by atoms with Gasteiger partial charge in [0, 0.05) is 10.9 Å². The van der Waals surface area contributed by atoms with Crippen molar-refractivity contribution in [1.82, 2.24) is 25.2 Å². The maximum atomic E-state index is 13.5. The molecule has 4 rings (SSSR count). The van der Waals surface area contributed by atoms with Crippen LogP contribution in [0.3, 0.4) is 0 Å². The number of amides is 1. The number of carbonyl (C=O) groups is 2. The molecule has 0 unspecified atom stereocenters. The molecule has 0 saturated carbocycles. The van der Waals surface area contributed by atoms with E-state index in [1.165, 1.54) is 10.7 Å². The van der Waals surface area contributed by atoms with E-state index >= 15 is 0 Å². The third-order valence-electron chi connectivity index (χ3n) is 4.47. The van der Waals surface area contributed by atoms with Crippen molar-refractivity contribution in [3.63, 3.8) is 0 Å². The van der Waals surface area contributed by atoms with Gasteiger partial charge in [0.05, 0.1) is 5.69 Å². The van der Waals surface area contributed by atoms with Crippen molar-refractivity contribution in [3.05, 3.63) is 76.9 Å². The lowest BCUT2D eigenvalue weighted by Gasteiger charge is -2.09. The minimum Gasteiger partial charge on any atom is -0.451 e. The monoisotopic (exact) mass is 482 g/mol. The van der Waals surface area contributed by atoms with Crippen molar-refractivity contribution in [2.45, 2.75) is 6.92 Å². The van der Waals surface area contributed by atoms with Gasteiger partial charge in [0.25, 0.3) is 5.91 Å². The second-order valence-corrected chi connectivity index (χ2v) is 7.73. The summed E-state index contributed by atoms with van der Waals surface area (Å²) < 4.78 is 32.9. The molecule has 0 atom stereocenters. The number of carbonyl (C=O) groups excluding carboxylic acids is 2. The van der Waals surface area contributed by atoms with Crippen LogP contribution in [0.1, 0.15) is 11.4 Å². The van der Waals surface area contributed by atoms with E-state index in [-0.39, 0.29) is 10.8 Å². The lowest BCUT2D eigenvalue weighted by Crippen LogP contribution is -2.23. The van der Waals surface area contributed by atoms with E-state index in [4.69, 9.17) is 4.74 Å². The number of hydrogen-bond donors (Lipinski definition) is 1. The second kappa shape index (κ2) is 10.1. The van der Waals surface area contributed by atoms with Gasteiger partial charge >= 0.3 is 5.97 Å². The molecule has 172 valence electrons. The Morgan fingerprint density at radius 3 is 2.65 bits per heavy atom. The van der Waals surface area contributed by atoms with Crippen LogP contribution in [0.15, 0.2) is 53.9 Å². The van der Waals surface area contributed by atoms with Crippen LogP contribution in [0.4, 0.5) is 13.9 Å². The summed E-state index contributed by atoms with van der Waals surface area (Å²) in [6.45, 7) is 1.03. The van der Waals surface area contributed by atoms with Gasteiger partial charge in [-0.2, -0.15) is 4.68 Å². The molecular weight excluding hydrogens is 466 g/mol. The lowest BCUT2D eigenvalue weighted by atomic mass is 10.2. The molecule has 0 fully saturated rings. The molecule has 0 saturated heterocycles. The van der Waals surface area contributed by atoms with E-state index in [9.17, 15) is 18.4 Å². The van der Waals surface area contributed by atoms with Crippen molar-refractivity contribution in [3.8, 4) is 11.3 Å². The van der Waals surface area contributed by atoms with Crippen LogP contribution in [0.2, 0.25) is 0 Å². The van der Waals surface area contributed by atoms with E-state index in [0.717, 1.165) is 23.5 Å². The van der Waals surface area contributed by atoms with Gasteiger partial charge in [0.1, 0.15) is 0 Å². The number of nitrogens with zero attached hydrogens (tertiary/aromatic N) is 5. The number of halogens is 2. The number of tetrazole rings is 1. The third kappa shape index (κ3) is 5.35. The second-order valence-electron chi connectivity index (χ2n) is 6.87. The molecule has 1 amide bonds. The molecule has 12 heteroatoms. The quantitative estimate of drug-likeness (QED) is 0.317. The highest BCUT2D eigenvalue weighted by atomic mass is 32.1. The Morgan fingerprint density at radius 2 is 1.94 bits per heavy atom. The number of anilines is 1. The number of benzene rings is 2. The standard InChI is InChI=1S/C22H16F2N6O3S/c1-13-27-28-29-30(13)19(9-14-5-3-2-4-6-14)21(32)33-11-20(31)26-22-25-18(12-34-22)15-7-8-16(23)17(24)10-15/h2-10,12H,11H2,1H3,(H,25,26,31)/b19-9+. The van der Waals surface area contributed by atoms with E-state index in [1.54, 1.807) is 42.6 Å². The molecule has 2 aromatic carbocycles. The summed E-state index contributed by atoms with van der Waals surface area (Å²) in [6.07, 6.45) is 1.54. The Labute approximate surface area is 195 Å². The summed E-state index contributed by atoms with van der Waals surface area (Å²) in [5, 5.41) is 15.4. The first-order valence-corrected chi connectivity index (χ1v) is 10.7. The lowest BCUT2D eigenvalue weighted by molar-refractivity contribution is -0.141. The number of hydrogen-bond acceptors (Lipinski definition) is 8. The Kier molecular flexibility index (Phi) is 6.78. The predicted molar refractivity (Wildman–Crippen MR) is 120 cm³/mol. The van der Waals surface area contributed by atoms with Gasteiger partial charge in [-0.1, -0.05) is 30.3 Å². The maximum Gasteiger partial charge on any atom is 0.357 e. The van der Waals surface area contributed by atoms with Gasteiger partial charge in [-0.3, -0.25) is 10.1 Å². The molecule has 0 aliphatic carbocycles. The molecule has 0 aliphatic rings. The van der Waals surface area contributed by atoms with Gasteiger partial charge in [-0.15, -0.1) is 16.4 Å². The van der Waals surface area contributed by atoms with Crippen LogP contribution in [0, 0.1) is 18.6 Å². The predicted octanol–water partition coefficient (Wildman–Crippen LogP) is 3.56. The first-order chi connectivity index (χ1) is 16.4. The summed E-state index contributed by atoms with van der Waals surface area (Å²) in [6, 6.07) is 12.4.